The van der Waals surface area contributed by atoms with Crippen LogP contribution in [0.2, 0.25) is 0 Å². The number of nitrogens with one attached hydrogen (secondary N) is 1. The Bertz CT molecular complexity index is 595. The molecule has 1 unspecified atom stereocenters. The summed E-state index contributed by atoms with van der Waals surface area (Å²) in [5, 5.41) is 12.1. The number of hydrogen-bond donors (Lipinski definition) is 2. The van der Waals surface area contributed by atoms with Crippen LogP contribution in [0.1, 0.15) is 28.8 Å². The average molecular weight is 283 g/mol. The van der Waals surface area contributed by atoms with Crippen LogP contribution >= 0.6 is 0 Å². The summed E-state index contributed by atoms with van der Waals surface area (Å²) in [4.78, 5) is 12.0. The molecule has 0 spiro atoms. The Balaban J connectivity index is 2.06. The molecule has 1 aromatic carbocycles. The average Bonchev–Trinajstić information content (AvgIpc) is 2.31. The monoisotopic (exact) mass is 283 g/mol. The highest BCUT2D eigenvalue weighted by Crippen LogP contribution is 2.18. The summed E-state index contributed by atoms with van der Waals surface area (Å²) >= 11 is 0. The molecule has 6 heteroatoms. The summed E-state index contributed by atoms with van der Waals surface area (Å²) < 4.78 is 23.0. The summed E-state index contributed by atoms with van der Waals surface area (Å²) in [6.07, 6.45) is 1.27. The number of phenolic OH excluding ortho intramolecular Hbond substituents is 1. The molecule has 0 aliphatic carbocycles. The maximum Gasteiger partial charge on any atom is 0.251 e. The quantitative estimate of drug-likeness (QED) is 0.848. The molecule has 2 N–H and O–H groups in total. The minimum atomic E-state index is -3.03. The van der Waals surface area contributed by atoms with Crippen LogP contribution in [0.3, 0.4) is 0 Å². The van der Waals surface area contributed by atoms with Crippen LogP contribution < -0.4 is 5.32 Å². The molecule has 104 valence electrons. The molecule has 0 bridgehead atoms. The molecule has 0 radical (unpaired) electrons. The van der Waals surface area contributed by atoms with Crippen LogP contribution in [0.5, 0.6) is 5.75 Å². The molecular formula is C13H17NO4S. The van der Waals surface area contributed by atoms with Crippen molar-refractivity contribution >= 4 is 15.7 Å². The number of benzene rings is 1. The normalized spacial score (nSPS) is 21.8. The van der Waals surface area contributed by atoms with Crippen LogP contribution in [-0.4, -0.2) is 37.0 Å². The topological polar surface area (TPSA) is 83.5 Å². The number of amides is 1. The van der Waals surface area contributed by atoms with Gasteiger partial charge in [0.2, 0.25) is 0 Å². The third-order valence-corrected chi connectivity index (χ3v) is 5.08. The van der Waals surface area contributed by atoms with E-state index in [1.807, 2.05) is 0 Å². The van der Waals surface area contributed by atoms with Gasteiger partial charge in [0.05, 0.1) is 11.5 Å². The lowest BCUT2D eigenvalue weighted by Gasteiger charge is -2.23. The summed E-state index contributed by atoms with van der Waals surface area (Å²) in [7, 11) is -3.03. The fraction of sp³-hybridized carbons (Fsp3) is 0.462. The van der Waals surface area contributed by atoms with Crippen molar-refractivity contribution in [1.82, 2.24) is 5.32 Å². The standard InChI is InChI=1S/C13H17NO4S/c1-9-7-10(4-5-12(9)15)13(16)14-11-3-2-6-19(17,18)8-11/h4-5,7,11,15H,2-3,6,8H2,1H3,(H,14,16). The second-order valence-electron chi connectivity index (χ2n) is 4.93. The molecular weight excluding hydrogens is 266 g/mol. The van der Waals surface area contributed by atoms with Gasteiger partial charge >= 0.3 is 0 Å². The van der Waals surface area contributed by atoms with E-state index in [0.29, 0.717) is 24.0 Å². The SMILES string of the molecule is Cc1cc(C(=O)NC2CCCS(=O)(=O)C2)ccc1O. The molecule has 2 rings (SSSR count). The summed E-state index contributed by atoms with van der Waals surface area (Å²) in [6.45, 7) is 1.71. The van der Waals surface area contributed by atoms with E-state index in [1.54, 1.807) is 13.0 Å². The molecule has 1 heterocycles. The van der Waals surface area contributed by atoms with E-state index in [-0.39, 0.29) is 29.2 Å². The van der Waals surface area contributed by atoms with Gasteiger partial charge in [0.25, 0.3) is 5.91 Å². The van der Waals surface area contributed by atoms with E-state index in [0.717, 1.165) is 0 Å². The van der Waals surface area contributed by atoms with Gasteiger partial charge in [-0.1, -0.05) is 0 Å². The highest BCUT2D eigenvalue weighted by Gasteiger charge is 2.26. The molecule has 1 amide bonds. The maximum atomic E-state index is 12.0. The molecule has 1 fully saturated rings. The summed E-state index contributed by atoms with van der Waals surface area (Å²) in [5.41, 5.74) is 1.04. The van der Waals surface area contributed by atoms with Crippen LogP contribution in [0.4, 0.5) is 0 Å². The zero-order valence-corrected chi connectivity index (χ0v) is 11.5. The van der Waals surface area contributed by atoms with Crippen molar-refractivity contribution in [2.45, 2.75) is 25.8 Å². The van der Waals surface area contributed by atoms with Crippen molar-refractivity contribution in [3.8, 4) is 5.75 Å². The number of hydrogen-bond acceptors (Lipinski definition) is 4. The molecule has 5 nitrogen and oxygen atoms in total. The van der Waals surface area contributed by atoms with Gasteiger partial charge in [-0.15, -0.1) is 0 Å². The number of rotatable bonds is 2. The largest absolute Gasteiger partial charge is 0.508 e. The van der Waals surface area contributed by atoms with Crippen LogP contribution in [0.15, 0.2) is 18.2 Å². The van der Waals surface area contributed by atoms with E-state index in [1.165, 1.54) is 12.1 Å². The van der Waals surface area contributed by atoms with Crippen molar-refractivity contribution in [3.05, 3.63) is 29.3 Å². The third kappa shape index (κ3) is 3.47. The van der Waals surface area contributed by atoms with Gasteiger partial charge in [-0.25, -0.2) is 8.42 Å². The fourth-order valence-electron chi connectivity index (χ4n) is 2.20. The van der Waals surface area contributed by atoms with Gasteiger partial charge in [0.15, 0.2) is 9.84 Å². The van der Waals surface area contributed by atoms with E-state index in [9.17, 15) is 18.3 Å². The lowest BCUT2D eigenvalue weighted by molar-refractivity contribution is 0.0938. The smallest absolute Gasteiger partial charge is 0.251 e. The van der Waals surface area contributed by atoms with Gasteiger partial charge in [0, 0.05) is 11.6 Å². The summed E-state index contributed by atoms with van der Waals surface area (Å²) in [6, 6.07) is 4.25. The van der Waals surface area contributed by atoms with Crippen LogP contribution in [-0.2, 0) is 9.84 Å². The fourth-order valence-corrected chi connectivity index (χ4v) is 3.84. The lowest BCUT2D eigenvalue weighted by atomic mass is 10.1. The maximum absolute atomic E-state index is 12.0. The van der Waals surface area contributed by atoms with Crippen LogP contribution in [0, 0.1) is 6.92 Å². The van der Waals surface area contributed by atoms with Crippen molar-refractivity contribution in [1.29, 1.82) is 0 Å². The Kier molecular flexibility index (Phi) is 3.80. The van der Waals surface area contributed by atoms with Gasteiger partial charge in [-0.2, -0.15) is 0 Å². The predicted octanol–water partition coefficient (Wildman–Crippen LogP) is 1.01. The number of aryl methyl sites for hydroxylation is 1. The van der Waals surface area contributed by atoms with Gasteiger partial charge < -0.3 is 10.4 Å². The number of carbonyl (C=O) groups excluding carboxylic acids is 1. The first-order valence-corrected chi connectivity index (χ1v) is 8.00. The van der Waals surface area contributed by atoms with Crippen molar-refractivity contribution in [2.75, 3.05) is 11.5 Å². The minimum Gasteiger partial charge on any atom is -0.508 e. The molecule has 1 aromatic rings. The van der Waals surface area contributed by atoms with Crippen LogP contribution in [0.25, 0.3) is 0 Å². The molecule has 19 heavy (non-hydrogen) atoms. The third-order valence-electron chi connectivity index (χ3n) is 3.26. The Morgan fingerprint density at radius 1 is 1.42 bits per heavy atom. The van der Waals surface area contributed by atoms with Crippen molar-refractivity contribution in [2.24, 2.45) is 0 Å². The van der Waals surface area contributed by atoms with E-state index in [2.05, 4.69) is 5.32 Å². The molecule has 1 saturated heterocycles. The molecule has 1 aliphatic heterocycles. The minimum absolute atomic E-state index is 0.00973. The van der Waals surface area contributed by atoms with Crippen molar-refractivity contribution < 1.29 is 18.3 Å². The Hall–Kier alpha value is -1.56. The molecule has 1 aliphatic rings. The lowest BCUT2D eigenvalue weighted by Crippen LogP contribution is -2.43. The number of sulfone groups is 1. The predicted molar refractivity (Wildman–Crippen MR) is 72.0 cm³/mol. The second kappa shape index (κ2) is 5.21. The first kappa shape index (κ1) is 13.9. The Labute approximate surface area is 112 Å². The summed E-state index contributed by atoms with van der Waals surface area (Å²) in [5.74, 6) is 0.0509. The van der Waals surface area contributed by atoms with Gasteiger partial charge in [0.1, 0.15) is 5.75 Å². The Morgan fingerprint density at radius 2 is 2.16 bits per heavy atom. The Morgan fingerprint density at radius 3 is 2.79 bits per heavy atom. The number of phenols is 1. The van der Waals surface area contributed by atoms with Gasteiger partial charge in [-0.3, -0.25) is 4.79 Å². The highest BCUT2D eigenvalue weighted by molar-refractivity contribution is 7.91. The molecule has 0 saturated carbocycles. The van der Waals surface area contributed by atoms with E-state index >= 15 is 0 Å². The highest BCUT2D eigenvalue weighted by atomic mass is 32.2. The number of carbonyl (C=O) groups is 1. The molecule has 0 aromatic heterocycles. The number of aromatic hydroxyl groups is 1. The first-order chi connectivity index (χ1) is 8.87. The van der Waals surface area contributed by atoms with E-state index < -0.39 is 9.84 Å². The molecule has 1 atom stereocenters. The van der Waals surface area contributed by atoms with E-state index in [4.69, 9.17) is 0 Å². The zero-order valence-electron chi connectivity index (χ0n) is 10.7. The zero-order chi connectivity index (χ0) is 14.0. The van der Waals surface area contributed by atoms with Gasteiger partial charge in [-0.05, 0) is 43.5 Å². The van der Waals surface area contributed by atoms with Crippen molar-refractivity contribution in [3.63, 3.8) is 0 Å². The first-order valence-electron chi connectivity index (χ1n) is 6.18. The second-order valence-corrected chi connectivity index (χ2v) is 7.16.